The zero-order valence-electron chi connectivity index (χ0n) is 16.8. The van der Waals surface area contributed by atoms with E-state index < -0.39 is 4.92 Å². The molecule has 1 heterocycles. The Kier molecular flexibility index (Phi) is 5.86. The number of hydrogen-bond acceptors (Lipinski definition) is 5. The fraction of sp³-hybridized carbons (Fsp3) is 0.0833. The molecule has 31 heavy (non-hydrogen) atoms. The van der Waals surface area contributed by atoms with E-state index in [0.717, 1.165) is 21.3 Å². The summed E-state index contributed by atoms with van der Waals surface area (Å²) in [5.41, 5.74) is 3.71. The van der Waals surface area contributed by atoms with Crippen LogP contribution in [0.1, 0.15) is 16.7 Å². The van der Waals surface area contributed by atoms with Gasteiger partial charge in [-0.3, -0.25) is 19.8 Å². The summed E-state index contributed by atoms with van der Waals surface area (Å²) in [4.78, 5) is 29.8. The van der Waals surface area contributed by atoms with Gasteiger partial charge in [-0.15, -0.1) is 0 Å². The second-order valence-corrected chi connectivity index (χ2v) is 8.07. The van der Waals surface area contributed by atoms with E-state index in [1.165, 1.54) is 29.5 Å². The number of fused-ring (bicyclic) bond motifs is 1. The number of nitro benzene ring substituents is 1. The van der Waals surface area contributed by atoms with E-state index in [1.807, 2.05) is 49.4 Å². The molecule has 0 fully saturated rings. The van der Waals surface area contributed by atoms with E-state index in [2.05, 4.69) is 11.1 Å². The first-order chi connectivity index (χ1) is 15.0. The van der Waals surface area contributed by atoms with Crippen LogP contribution in [0.4, 0.5) is 10.8 Å². The Bertz CT molecular complexity index is 1260. The van der Waals surface area contributed by atoms with Crippen molar-refractivity contribution in [3.05, 3.63) is 106 Å². The highest BCUT2D eigenvalue weighted by atomic mass is 32.1. The summed E-state index contributed by atoms with van der Waals surface area (Å²) >= 11 is 1.48. The third kappa shape index (κ3) is 4.84. The minimum atomic E-state index is -0.449. The summed E-state index contributed by atoms with van der Waals surface area (Å²) < 4.78 is 1.03. The zero-order chi connectivity index (χ0) is 21.8. The molecule has 7 heteroatoms. The molecule has 0 N–H and O–H groups in total. The molecule has 6 nitrogen and oxygen atoms in total. The number of carbonyl (C=O) groups excluding carboxylic acids is 1. The first-order valence-electron chi connectivity index (χ1n) is 9.65. The number of rotatable bonds is 6. The van der Waals surface area contributed by atoms with Crippen LogP contribution in [0.2, 0.25) is 0 Å². The van der Waals surface area contributed by atoms with Crippen LogP contribution >= 0.6 is 11.3 Å². The minimum Gasteiger partial charge on any atom is -0.280 e. The number of non-ortho nitro benzene ring substituents is 1. The Balaban J connectivity index is 1.64. The van der Waals surface area contributed by atoms with Gasteiger partial charge in [0.15, 0.2) is 5.13 Å². The number of thiazole rings is 1. The van der Waals surface area contributed by atoms with E-state index in [1.54, 1.807) is 23.1 Å². The fourth-order valence-corrected chi connectivity index (χ4v) is 4.17. The smallest absolute Gasteiger partial charge is 0.269 e. The summed E-state index contributed by atoms with van der Waals surface area (Å²) in [5, 5.41) is 11.4. The number of aryl methyl sites for hydroxylation is 1. The molecule has 1 amide bonds. The molecule has 0 unspecified atom stereocenters. The second-order valence-electron chi connectivity index (χ2n) is 7.06. The van der Waals surface area contributed by atoms with Crippen molar-refractivity contribution in [2.45, 2.75) is 13.5 Å². The SMILES string of the molecule is Cc1ccc2nc(N(Cc3ccccc3)C(=O)/C=C/c3ccc([N+](=O)[O-])cc3)sc2c1. The number of nitrogens with zero attached hydrogens (tertiary/aromatic N) is 3. The highest BCUT2D eigenvalue weighted by Gasteiger charge is 2.18. The minimum absolute atomic E-state index is 0.0129. The largest absolute Gasteiger partial charge is 0.280 e. The number of aromatic nitrogens is 1. The maximum Gasteiger partial charge on any atom is 0.269 e. The summed E-state index contributed by atoms with van der Waals surface area (Å²) in [6, 6.07) is 21.8. The van der Waals surface area contributed by atoms with Gasteiger partial charge in [0.25, 0.3) is 11.6 Å². The standard InChI is InChI=1S/C24H19N3O3S/c1-17-7-13-21-22(15-17)31-24(25-21)26(16-19-5-3-2-4-6-19)23(28)14-10-18-8-11-20(12-9-18)27(29)30/h2-15H,16H2,1H3/b14-10+. The van der Waals surface area contributed by atoms with Crippen LogP contribution in [0, 0.1) is 17.0 Å². The van der Waals surface area contributed by atoms with Crippen LogP contribution < -0.4 is 4.90 Å². The summed E-state index contributed by atoms with van der Waals surface area (Å²) in [6.07, 6.45) is 3.13. The molecular weight excluding hydrogens is 410 g/mol. The predicted molar refractivity (Wildman–Crippen MR) is 124 cm³/mol. The molecule has 1 aromatic heterocycles. The number of amides is 1. The van der Waals surface area contributed by atoms with Crippen LogP contribution in [0.5, 0.6) is 0 Å². The Labute approximate surface area is 183 Å². The number of benzene rings is 3. The van der Waals surface area contributed by atoms with Crippen molar-refractivity contribution in [1.29, 1.82) is 0 Å². The lowest BCUT2D eigenvalue weighted by Gasteiger charge is -2.18. The van der Waals surface area contributed by atoms with Gasteiger partial charge in [-0.2, -0.15) is 0 Å². The van der Waals surface area contributed by atoms with Gasteiger partial charge >= 0.3 is 0 Å². The summed E-state index contributed by atoms with van der Waals surface area (Å²) in [6.45, 7) is 2.42. The van der Waals surface area contributed by atoms with Crippen molar-refractivity contribution in [3.63, 3.8) is 0 Å². The zero-order valence-corrected chi connectivity index (χ0v) is 17.6. The van der Waals surface area contributed by atoms with Crippen molar-refractivity contribution in [2.75, 3.05) is 4.90 Å². The van der Waals surface area contributed by atoms with E-state index in [-0.39, 0.29) is 11.6 Å². The molecule has 0 aliphatic carbocycles. The lowest BCUT2D eigenvalue weighted by atomic mass is 10.2. The van der Waals surface area contributed by atoms with Crippen LogP contribution in [0.15, 0.2) is 78.9 Å². The van der Waals surface area contributed by atoms with Crippen LogP contribution in [-0.2, 0) is 11.3 Å². The Morgan fingerprint density at radius 2 is 1.84 bits per heavy atom. The summed E-state index contributed by atoms with van der Waals surface area (Å²) in [7, 11) is 0. The molecule has 0 aliphatic heterocycles. The van der Waals surface area contributed by atoms with Gasteiger partial charge in [-0.05, 0) is 54.0 Å². The fourth-order valence-electron chi connectivity index (χ4n) is 3.11. The lowest BCUT2D eigenvalue weighted by Crippen LogP contribution is -2.28. The van der Waals surface area contributed by atoms with Crippen molar-refractivity contribution in [1.82, 2.24) is 4.98 Å². The number of hydrogen-bond donors (Lipinski definition) is 0. The maximum atomic E-state index is 13.1. The highest BCUT2D eigenvalue weighted by Crippen LogP contribution is 2.30. The van der Waals surface area contributed by atoms with Crippen molar-refractivity contribution < 1.29 is 9.72 Å². The highest BCUT2D eigenvalue weighted by molar-refractivity contribution is 7.22. The number of carbonyl (C=O) groups is 1. The molecule has 0 aliphatic rings. The molecule has 0 bridgehead atoms. The normalized spacial score (nSPS) is 11.1. The van der Waals surface area contributed by atoms with Gasteiger partial charge < -0.3 is 0 Å². The monoisotopic (exact) mass is 429 g/mol. The predicted octanol–water partition coefficient (Wildman–Crippen LogP) is 5.76. The van der Waals surface area contributed by atoms with Crippen molar-refractivity contribution in [3.8, 4) is 0 Å². The van der Waals surface area contributed by atoms with Crippen molar-refractivity contribution in [2.24, 2.45) is 0 Å². The van der Waals surface area contributed by atoms with Crippen LogP contribution in [-0.4, -0.2) is 15.8 Å². The van der Waals surface area contributed by atoms with Gasteiger partial charge in [0.1, 0.15) is 0 Å². The van der Waals surface area contributed by atoms with Crippen LogP contribution in [0.25, 0.3) is 16.3 Å². The van der Waals surface area contributed by atoms with E-state index in [4.69, 9.17) is 0 Å². The average molecular weight is 430 g/mol. The molecule has 0 atom stereocenters. The molecule has 4 aromatic rings. The molecule has 0 spiro atoms. The Morgan fingerprint density at radius 1 is 1.10 bits per heavy atom. The molecule has 0 saturated carbocycles. The van der Waals surface area contributed by atoms with Crippen molar-refractivity contribution >= 4 is 44.4 Å². The maximum absolute atomic E-state index is 13.1. The van der Waals surface area contributed by atoms with E-state index >= 15 is 0 Å². The average Bonchev–Trinajstić information content (AvgIpc) is 3.19. The summed E-state index contributed by atoms with van der Waals surface area (Å²) in [5.74, 6) is -0.210. The van der Waals surface area contributed by atoms with Crippen LogP contribution in [0.3, 0.4) is 0 Å². The molecule has 3 aromatic carbocycles. The van der Waals surface area contributed by atoms with E-state index in [0.29, 0.717) is 17.2 Å². The second kappa shape index (κ2) is 8.89. The quantitative estimate of drug-likeness (QED) is 0.222. The Hall–Kier alpha value is -3.84. The number of nitro groups is 1. The molecular formula is C24H19N3O3S. The molecule has 4 rings (SSSR count). The van der Waals surface area contributed by atoms with Gasteiger partial charge in [0.2, 0.25) is 0 Å². The topological polar surface area (TPSA) is 76.3 Å². The molecule has 0 radical (unpaired) electrons. The first-order valence-corrected chi connectivity index (χ1v) is 10.5. The lowest BCUT2D eigenvalue weighted by molar-refractivity contribution is -0.384. The first kappa shape index (κ1) is 20.4. The van der Waals surface area contributed by atoms with Gasteiger partial charge in [-0.25, -0.2) is 4.98 Å². The van der Waals surface area contributed by atoms with Gasteiger partial charge in [0, 0.05) is 18.2 Å². The third-order valence-electron chi connectivity index (χ3n) is 4.74. The third-order valence-corrected chi connectivity index (χ3v) is 5.78. The molecule has 154 valence electrons. The number of anilines is 1. The Morgan fingerprint density at radius 3 is 2.55 bits per heavy atom. The molecule has 0 saturated heterocycles. The van der Waals surface area contributed by atoms with Gasteiger partial charge in [-0.1, -0.05) is 47.7 Å². The van der Waals surface area contributed by atoms with E-state index in [9.17, 15) is 14.9 Å². The van der Waals surface area contributed by atoms with Gasteiger partial charge in [0.05, 0.1) is 21.7 Å².